The summed E-state index contributed by atoms with van der Waals surface area (Å²) >= 11 is 1.67. The molecule has 156 valence electrons. The molecule has 1 aliphatic heterocycles. The molecule has 4 rings (SSSR count). The van der Waals surface area contributed by atoms with Gasteiger partial charge < -0.3 is 15.2 Å². The second-order valence-corrected chi connectivity index (χ2v) is 8.75. The van der Waals surface area contributed by atoms with Crippen molar-refractivity contribution in [1.29, 1.82) is 0 Å². The molecule has 2 heterocycles. The van der Waals surface area contributed by atoms with Crippen molar-refractivity contribution in [3.05, 3.63) is 54.6 Å². The molecule has 6 heteroatoms. The van der Waals surface area contributed by atoms with E-state index in [4.69, 9.17) is 0 Å². The fraction of sp³-hybridized carbons (Fsp3) is 0.333. The Labute approximate surface area is 181 Å². The van der Waals surface area contributed by atoms with Gasteiger partial charge in [-0.15, -0.1) is 0 Å². The van der Waals surface area contributed by atoms with Crippen LogP contribution in [0.1, 0.15) is 19.3 Å². The van der Waals surface area contributed by atoms with Gasteiger partial charge in [0.2, 0.25) is 11.8 Å². The van der Waals surface area contributed by atoms with Crippen LogP contribution >= 0.6 is 11.8 Å². The first-order valence-corrected chi connectivity index (χ1v) is 11.8. The number of hydrogen-bond acceptors (Lipinski definition) is 3. The summed E-state index contributed by atoms with van der Waals surface area (Å²) in [6, 6.07) is 18.2. The highest BCUT2D eigenvalue weighted by Gasteiger charge is 2.28. The number of nitrogens with one attached hydrogen (secondary N) is 2. The van der Waals surface area contributed by atoms with Gasteiger partial charge in [-0.3, -0.25) is 9.59 Å². The molecular weight excluding hydrogens is 394 g/mol. The Bertz CT molecular complexity index is 1010. The second kappa shape index (κ2) is 9.39. The summed E-state index contributed by atoms with van der Waals surface area (Å²) in [6.07, 6.45) is 4.24. The number of carbonyl (C=O) groups excluding carboxylic acids is 2. The lowest BCUT2D eigenvalue weighted by atomic mass is 9.96. The highest BCUT2D eigenvalue weighted by Crippen LogP contribution is 2.27. The van der Waals surface area contributed by atoms with E-state index in [0.29, 0.717) is 13.0 Å². The molecule has 2 aromatic carbocycles. The van der Waals surface area contributed by atoms with E-state index in [2.05, 4.69) is 28.5 Å². The molecule has 1 atom stereocenters. The van der Waals surface area contributed by atoms with Crippen molar-refractivity contribution in [1.82, 2.24) is 9.88 Å². The van der Waals surface area contributed by atoms with Gasteiger partial charge in [0.25, 0.3) is 0 Å². The number of thioether (sulfide) groups is 1. The standard InChI is InChI=1S/C24H27N3O2S/c1-30-13-11-23(28)27-12-5-8-19(16-27)24(29)25-20-9-4-7-17(14-20)22-15-18-6-2-3-10-21(18)26-22/h2-4,6-7,9-10,14-15,19,26H,5,8,11-13,16H2,1H3,(H,25,29)/t19-/m1/s1. The first-order valence-electron chi connectivity index (χ1n) is 10.4. The third-order valence-electron chi connectivity index (χ3n) is 5.64. The maximum Gasteiger partial charge on any atom is 0.229 e. The minimum Gasteiger partial charge on any atom is -0.355 e. The SMILES string of the molecule is CSCCC(=O)N1CCC[C@@H](C(=O)Nc2cccc(-c3cc4ccccc4[nH]3)c2)C1. The Morgan fingerprint density at radius 2 is 2.03 bits per heavy atom. The van der Waals surface area contributed by atoms with Gasteiger partial charge >= 0.3 is 0 Å². The molecule has 0 aliphatic carbocycles. The second-order valence-electron chi connectivity index (χ2n) is 7.76. The Morgan fingerprint density at radius 1 is 1.17 bits per heavy atom. The van der Waals surface area contributed by atoms with E-state index in [-0.39, 0.29) is 17.7 Å². The van der Waals surface area contributed by atoms with Gasteiger partial charge in [-0.05, 0) is 43.4 Å². The Kier molecular flexibility index (Phi) is 6.43. The van der Waals surface area contributed by atoms with Gasteiger partial charge in [0.1, 0.15) is 0 Å². The Morgan fingerprint density at radius 3 is 2.87 bits per heavy atom. The number of aromatic amines is 1. The molecule has 0 unspecified atom stereocenters. The fourth-order valence-electron chi connectivity index (χ4n) is 4.00. The molecule has 2 amide bonds. The van der Waals surface area contributed by atoms with E-state index < -0.39 is 0 Å². The maximum absolute atomic E-state index is 12.9. The molecule has 5 nitrogen and oxygen atoms in total. The first-order chi connectivity index (χ1) is 14.6. The maximum atomic E-state index is 12.9. The van der Waals surface area contributed by atoms with Crippen molar-refractivity contribution in [2.75, 3.05) is 30.4 Å². The van der Waals surface area contributed by atoms with Gasteiger partial charge in [-0.25, -0.2) is 0 Å². The number of fused-ring (bicyclic) bond motifs is 1. The topological polar surface area (TPSA) is 65.2 Å². The molecule has 0 radical (unpaired) electrons. The van der Waals surface area contributed by atoms with Crippen molar-refractivity contribution in [3.8, 4) is 11.3 Å². The van der Waals surface area contributed by atoms with Gasteiger partial charge in [-0.2, -0.15) is 11.8 Å². The van der Waals surface area contributed by atoms with Crippen LogP contribution in [0.2, 0.25) is 0 Å². The summed E-state index contributed by atoms with van der Waals surface area (Å²) in [5.41, 5.74) is 3.93. The summed E-state index contributed by atoms with van der Waals surface area (Å²) in [5.74, 6) is 0.815. The summed E-state index contributed by atoms with van der Waals surface area (Å²) < 4.78 is 0. The van der Waals surface area contributed by atoms with E-state index in [1.165, 1.54) is 0 Å². The third kappa shape index (κ3) is 4.70. The highest BCUT2D eigenvalue weighted by molar-refractivity contribution is 7.98. The van der Waals surface area contributed by atoms with E-state index >= 15 is 0 Å². The number of benzene rings is 2. The summed E-state index contributed by atoms with van der Waals surface area (Å²) in [6.45, 7) is 1.27. The van der Waals surface area contributed by atoms with Crippen LogP contribution in [0.4, 0.5) is 5.69 Å². The van der Waals surface area contributed by atoms with E-state index in [0.717, 1.165) is 53.0 Å². The van der Waals surface area contributed by atoms with Crippen molar-refractivity contribution in [2.45, 2.75) is 19.3 Å². The number of nitrogens with zero attached hydrogens (tertiary/aromatic N) is 1. The Hall–Kier alpha value is -2.73. The van der Waals surface area contributed by atoms with Crippen LogP contribution < -0.4 is 5.32 Å². The minimum absolute atomic E-state index is 0.00818. The van der Waals surface area contributed by atoms with Crippen LogP contribution in [-0.2, 0) is 9.59 Å². The summed E-state index contributed by atoms with van der Waals surface area (Å²) in [4.78, 5) is 30.5. The number of rotatable bonds is 6. The molecule has 3 aromatic rings. The van der Waals surface area contributed by atoms with Gasteiger partial charge in [0.05, 0.1) is 5.92 Å². The molecular formula is C24H27N3O2S. The predicted octanol–water partition coefficient (Wildman–Crippen LogP) is 4.77. The zero-order valence-corrected chi connectivity index (χ0v) is 18.0. The van der Waals surface area contributed by atoms with Crippen molar-refractivity contribution in [3.63, 3.8) is 0 Å². The van der Waals surface area contributed by atoms with E-state index in [9.17, 15) is 9.59 Å². The smallest absolute Gasteiger partial charge is 0.229 e. The highest BCUT2D eigenvalue weighted by atomic mass is 32.2. The van der Waals surface area contributed by atoms with E-state index in [1.807, 2.05) is 47.6 Å². The normalized spacial score (nSPS) is 16.6. The van der Waals surface area contributed by atoms with Crippen LogP contribution in [-0.4, -0.2) is 46.8 Å². The number of aromatic nitrogens is 1. The number of hydrogen-bond donors (Lipinski definition) is 2. The number of amides is 2. The quantitative estimate of drug-likeness (QED) is 0.603. The number of likely N-dealkylation sites (tertiary alicyclic amines) is 1. The lowest BCUT2D eigenvalue weighted by molar-refractivity contribution is -0.134. The van der Waals surface area contributed by atoms with Crippen molar-refractivity contribution in [2.24, 2.45) is 5.92 Å². The molecule has 1 saturated heterocycles. The number of piperidine rings is 1. The molecule has 2 N–H and O–H groups in total. The average Bonchev–Trinajstić information content (AvgIpc) is 3.22. The molecule has 1 aromatic heterocycles. The molecule has 1 aliphatic rings. The molecule has 0 spiro atoms. The van der Waals surface area contributed by atoms with Crippen molar-refractivity contribution < 1.29 is 9.59 Å². The molecule has 0 bridgehead atoms. The zero-order valence-electron chi connectivity index (χ0n) is 17.2. The lowest BCUT2D eigenvalue weighted by Crippen LogP contribution is -2.43. The summed E-state index contributed by atoms with van der Waals surface area (Å²) in [5, 5.41) is 4.23. The van der Waals surface area contributed by atoms with Crippen LogP contribution in [0.15, 0.2) is 54.6 Å². The molecule has 30 heavy (non-hydrogen) atoms. The van der Waals surface area contributed by atoms with Crippen LogP contribution in [0.3, 0.4) is 0 Å². The monoisotopic (exact) mass is 421 g/mol. The van der Waals surface area contributed by atoms with Gasteiger partial charge in [0, 0.05) is 53.1 Å². The number of anilines is 1. The van der Waals surface area contributed by atoms with Crippen LogP contribution in [0, 0.1) is 5.92 Å². The largest absolute Gasteiger partial charge is 0.355 e. The number of para-hydroxylation sites is 1. The Balaban J connectivity index is 1.43. The molecule has 1 fully saturated rings. The van der Waals surface area contributed by atoms with Crippen LogP contribution in [0.25, 0.3) is 22.2 Å². The average molecular weight is 422 g/mol. The molecule has 0 saturated carbocycles. The summed E-state index contributed by atoms with van der Waals surface area (Å²) in [7, 11) is 0. The fourth-order valence-corrected chi connectivity index (χ4v) is 4.38. The van der Waals surface area contributed by atoms with Crippen molar-refractivity contribution >= 4 is 40.2 Å². The minimum atomic E-state index is -0.159. The number of carbonyl (C=O) groups is 2. The zero-order chi connectivity index (χ0) is 20.9. The number of H-pyrrole nitrogens is 1. The van der Waals surface area contributed by atoms with Crippen LogP contribution in [0.5, 0.6) is 0 Å². The van der Waals surface area contributed by atoms with E-state index in [1.54, 1.807) is 11.8 Å². The van der Waals surface area contributed by atoms with Gasteiger partial charge in [-0.1, -0.05) is 30.3 Å². The third-order valence-corrected chi connectivity index (χ3v) is 6.25. The predicted molar refractivity (Wildman–Crippen MR) is 125 cm³/mol. The first kappa shape index (κ1) is 20.5. The lowest BCUT2D eigenvalue weighted by Gasteiger charge is -2.32. The van der Waals surface area contributed by atoms with Gasteiger partial charge in [0.15, 0.2) is 0 Å².